The van der Waals surface area contributed by atoms with Gasteiger partial charge in [0.1, 0.15) is 23.7 Å². The van der Waals surface area contributed by atoms with Gasteiger partial charge >= 0.3 is 11.9 Å². The minimum absolute atomic E-state index is 0.0120. The van der Waals surface area contributed by atoms with E-state index in [2.05, 4.69) is 0 Å². The van der Waals surface area contributed by atoms with Gasteiger partial charge in [0.2, 0.25) is 0 Å². The van der Waals surface area contributed by atoms with Crippen LogP contribution in [0.4, 0.5) is 4.39 Å². The van der Waals surface area contributed by atoms with Crippen LogP contribution in [-0.4, -0.2) is 41.2 Å². The van der Waals surface area contributed by atoms with E-state index in [9.17, 15) is 14.0 Å². The first-order valence-electron chi connectivity index (χ1n) is 15.1. The second-order valence-corrected chi connectivity index (χ2v) is 13.1. The lowest BCUT2D eigenvalue weighted by Gasteiger charge is -2.41. The van der Waals surface area contributed by atoms with E-state index in [0.717, 1.165) is 16.7 Å². The van der Waals surface area contributed by atoms with Crippen molar-refractivity contribution in [1.82, 2.24) is 0 Å². The van der Waals surface area contributed by atoms with Crippen molar-refractivity contribution >= 4 is 17.7 Å². The molecule has 2 aromatic carbocycles. The number of hydrogen-bond acceptors (Lipinski definition) is 7. The number of allylic oxidation sites excluding steroid dienone is 1. The highest BCUT2D eigenvalue weighted by atomic mass is 19.1. The monoisotopic (exact) mass is 593 g/mol. The molecule has 1 unspecified atom stereocenters. The maximum Gasteiger partial charge on any atom is 0.357 e. The van der Waals surface area contributed by atoms with Crippen LogP contribution in [0.15, 0.2) is 70.9 Å². The summed E-state index contributed by atoms with van der Waals surface area (Å²) in [6, 6.07) is 15.7. The fourth-order valence-corrected chi connectivity index (χ4v) is 5.83. The number of rotatable bonds is 10. The average Bonchev–Trinajstić information content (AvgIpc) is 3.29. The molecule has 0 radical (unpaired) electrons. The van der Waals surface area contributed by atoms with Crippen LogP contribution in [0.1, 0.15) is 85.3 Å². The molecule has 2 heterocycles. The first-order valence-corrected chi connectivity index (χ1v) is 15.1. The summed E-state index contributed by atoms with van der Waals surface area (Å²) in [5.74, 6) is -2.18. The molecule has 1 saturated heterocycles. The lowest BCUT2D eigenvalue weighted by Crippen LogP contribution is -2.45. The van der Waals surface area contributed by atoms with Gasteiger partial charge in [0.05, 0.1) is 24.3 Å². The van der Waals surface area contributed by atoms with Gasteiger partial charge in [-0.2, -0.15) is 0 Å². The molecule has 1 fully saturated rings. The predicted octanol–water partition coefficient (Wildman–Crippen LogP) is 7.32. The number of carbonyl (C=O) groups excluding carboxylic acids is 2. The summed E-state index contributed by atoms with van der Waals surface area (Å²) in [7, 11) is 0. The number of carbonyl (C=O) groups is 2. The van der Waals surface area contributed by atoms with Crippen molar-refractivity contribution in [2.24, 2.45) is 16.8 Å². The van der Waals surface area contributed by atoms with Crippen molar-refractivity contribution in [2.45, 2.75) is 104 Å². The van der Waals surface area contributed by atoms with Crippen molar-refractivity contribution in [2.75, 3.05) is 0 Å². The zero-order valence-corrected chi connectivity index (χ0v) is 26.3. The molecular formula is C35H44FNO6. The topological polar surface area (TPSA) is 83.4 Å². The van der Waals surface area contributed by atoms with Gasteiger partial charge in [-0.25, -0.2) is 14.2 Å². The van der Waals surface area contributed by atoms with Crippen LogP contribution in [0.25, 0.3) is 0 Å². The van der Waals surface area contributed by atoms with E-state index in [1.54, 1.807) is 12.1 Å². The smallest absolute Gasteiger partial charge is 0.357 e. The van der Waals surface area contributed by atoms with Gasteiger partial charge in [0.25, 0.3) is 0 Å². The second kappa shape index (κ2) is 13.5. The van der Waals surface area contributed by atoms with E-state index >= 15 is 0 Å². The zero-order chi connectivity index (χ0) is 31.4. The van der Waals surface area contributed by atoms with Crippen molar-refractivity contribution in [3.8, 4) is 0 Å². The van der Waals surface area contributed by atoms with Crippen molar-refractivity contribution in [3.05, 3.63) is 82.8 Å². The Morgan fingerprint density at radius 3 is 2.28 bits per heavy atom. The number of benzene rings is 2. The average molecular weight is 594 g/mol. The van der Waals surface area contributed by atoms with E-state index in [1.165, 1.54) is 12.1 Å². The molecular weight excluding hydrogens is 549 g/mol. The molecule has 0 saturated carbocycles. The van der Waals surface area contributed by atoms with E-state index in [4.69, 9.17) is 23.9 Å². The van der Waals surface area contributed by atoms with Gasteiger partial charge < -0.3 is 18.9 Å². The summed E-state index contributed by atoms with van der Waals surface area (Å²) in [5, 5.41) is 0. The van der Waals surface area contributed by atoms with Crippen LogP contribution in [-0.2, 0) is 35.1 Å². The first-order chi connectivity index (χ1) is 20.2. The molecule has 2 aliphatic rings. The van der Waals surface area contributed by atoms with Crippen LogP contribution in [0, 0.1) is 17.7 Å². The fraction of sp³-hybridized carbons (Fsp3) is 0.514. The summed E-state index contributed by atoms with van der Waals surface area (Å²) in [6.07, 6.45) is 1.42. The standard InChI is InChI=1S/C35H44FNO6/c1-22(2)30-28(18-17-26-19-27(42-35(6,7)41-26)20-29(38)43-34(3,4)5)31(24-13-15-25(36)16-14-24)37-32(30)33(39)40-21-23-11-9-8-10-12-23/h8-16,22,26-28H,17-21H2,1-7H3/t26-,27-,28?/m1/s1. The summed E-state index contributed by atoms with van der Waals surface area (Å²) in [6.45, 7) is 13.5. The van der Waals surface area contributed by atoms with Gasteiger partial charge in [-0.3, -0.25) is 4.79 Å². The van der Waals surface area contributed by atoms with Gasteiger partial charge in [-0.15, -0.1) is 0 Å². The van der Waals surface area contributed by atoms with Crippen LogP contribution in [0.5, 0.6) is 0 Å². The Balaban J connectivity index is 1.55. The second-order valence-electron chi connectivity index (χ2n) is 13.1. The molecule has 0 amide bonds. The molecule has 0 aliphatic carbocycles. The molecule has 3 atom stereocenters. The van der Waals surface area contributed by atoms with Gasteiger partial charge in [0.15, 0.2) is 5.79 Å². The Bertz CT molecular complexity index is 1340. The van der Waals surface area contributed by atoms with Crippen molar-refractivity contribution in [1.29, 1.82) is 0 Å². The molecule has 2 aromatic rings. The molecule has 0 aromatic heterocycles. The van der Waals surface area contributed by atoms with Crippen LogP contribution in [0.2, 0.25) is 0 Å². The molecule has 7 nitrogen and oxygen atoms in total. The maximum absolute atomic E-state index is 13.8. The third-order valence-corrected chi connectivity index (χ3v) is 7.40. The Morgan fingerprint density at radius 1 is 1.00 bits per heavy atom. The summed E-state index contributed by atoms with van der Waals surface area (Å²) in [4.78, 5) is 30.8. The van der Waals surface area contributed by atoms with E-state index in [-0.39, 0.29) is 48.9 Å². The summed E-state index contributed by atoms with van der Waals surface area (Å²) < 4.78 is 37.4. The fourth-order valence-electron chi connectivity index (χ4n) is 5.83. The van der Waals surface area contributed by atoms with E-state index < -0.39 is 17.4 Å². The molecule has 0 bridgehead atoms. The molecule has 43 heavy (non-hydrogen) atoms. The Labute approximate surface area is 254 Å². The van der Waals surface area contributed by atoms with Crippen molar-refractivity contribution in [3.63, 3.8) is 0 Å². The SMILES string of the molecule is CC(C)C1=C(C(=O)OCc2ccccc2)N=C(c2ccc(F)cc2)C1CC[C@@H]1C[C@H](CC(=O)OC(C)(C)C)OC(C)(C)O1. The summed E-state index contributed by atoms with van der Waals surface area (Å²) in [5.41, 5.74) is 2.99. The molecule has 0 spiro atoms. The Hall–Kier alpha value is -3.36. The molecule has 0 N–H and O–H groups in total. The summed E-state index contributed by atoms with van der Waals surface area (Å²) >= 11 is 0. The molecule has 8 heteroatoms. The predicted molar refractivity (Wildman–Crippen MR) is 163 cm³/mol. The Kier molecular flexibility index (Phi) is 10.2. The lowest BCUT2D eigenvalue weighted by atomic mass is 9.81. The van der Waals surface area contributed by atoms with Gasteiger partial charge in [0, 0.05) is 12.3 Å². The third kappa shape index (κ3) is 9.07. The molecule has 2 aliphatic heterocycles. The molecule has 4 rings (SSSR count). The minimum atomic E-state index is -0.873. The first kappa shape index (κ1) is 32.6. The quantitative estimate of drug-likeness (QED) is 0.269. The number of halogens is 1. The third-order valence-electron chi connectivity index (χ3n) is 7.40. The van der Waals surface area contributed by atoms with Gasteiger partial charge in [-0.1, -0.05) is 56.3 Å². The lowest BCUT2D eigenvalue weighted by molar-refractivity contribution is -0.301. The van der Waals surface area contributed by atoms with Gasteiger partial charge in [-0.05, 0) is 82.2 Å². The maximum atomic E-state index is 13.8. The highest BCUT2D eigenvalue weighted by molar-refractivity contribution is 6.10. The Morgan fingerprint density at radius 2 is 1.65 bits per heavy atom. The molecule has 232 valence electrons. The van der Waals surface area contributed by atoms with Crippen LogP contribution < -0.4 is 0 Å². The minimum Gasteiger partial charge on any atom is -0.460 e. The number of esters is 2. The normalized spacial score (nSPS) is 22.0. The highest BCUT2D eigenvalue weighted by Crippen LogP contribution is 2.40. The van der Waals surface area contributed by atoms with Crippen LogP contribution in [0.3, 0.4) is 0 Å². The van der Waals surface area contributed by atoms with Crippen LogP contribution >= 0.6 is 0 Å². The number of hydrogen-bond donors (Lipinski definition) is 0. The zero-order valence-electron chi connectivity index (χ0n) is 26.3. The number of ether oxygens (including phenoxy) is 4. The highest BCUT2D eigenvalue weighted by Gasteiger charge is 2.40. The number of aliphatic imine (C=N–C) groups is 1. The van der Waals surface area contributed by atoms with E-state index in [0.29, 0.717) is 30.7 Å². The number of nitrogens with zero attached hydrogens (tertiary/aromatic N) is 1. The largest absolute Gasteiger partial charge is 0.460 e. The van der Waals surface area contributed by atoms with Crippen molar-refractivity contribution < 1.29 is 32.9 Å². The van der Waals surface area contributed by atoms with E-state index in [1.807, 2.05) is 78.8 Å².